The highest BCUT2D eigenvalue weighted by Crippen LogP contribution is 2.22. The molecular formula is C16H12ClFN4O. The zero-order valence-electron chi connectivity index (χ0n) is 11.9. The Bertz CT molecular complexity index is 835. The Morgan fingerprint density at radius 3 is 2.74 bits per heavy atom. The molecule has 3 rings (SSSR count). The maximum atomic E-state index is 13.8. The lowest BCUT2D eigenvalue weighted by atomic mass is 10.2. The van der Waals surface area contributed by atoms with E-state index >= 15 is 0 Å². The fourth-order valence-electron chi connectivity index (χ4n) is 2.04. The third-order valence-corrected chi connectivity index (χ3v) is 3.45. The van der Waals surface area contributed by atoms with Crippen LogP contribution in [0.15, 0.2) is 54.7 Å². The molecule has 0 saturated carbocycles. The van der Waals surface area contributed by atoms with Gasteiger partial charge in [0.25, 0.3) is 5.91 Å². The number of rotatable bonds is 4. The van der Waals surface area contributed by atoms with Gasteiger partial charge in [-0.2, -0.15) is 0 Å². The molecule has 116 valence electrons. The van der Waals surface area contributed by atoms with Crippen LogP contribution in [0.5, 0.6) is 0 Å². The maximum absolute atomic E-state index is 13.8. The molecule has 0 aliphatic rings. The molecule has 0 saturated heterocycles. The van der Waals surface area contributed by atoms with E-state index in [4.69, 9.17) is 11.6 Å². The van der Waals surface area contributed by atoms with E-state index in [-0.39, 0.29) is 16.4 Å². The van der Waals surface area contributed by atoms with Crippen molar-refractivity contribution in [3.05, 3.63) is 76.8 Å². The van der Waals surface area contributed by atoms with Crippen molar-refractivity contribution in [2.75, 3.05) is 5.32 Å². The Kier molecular flexibility index (Phi) is 4.34. The van der Waals surface area contributed by atoms with E-state index in [0.717, 1.165) is 5.56 Å². The Hall–Kier alpha value is -2.73. The quantitative estimate of drug-likeness (QED) is 0.798. The number of amides is 1. The fourth-order valence-corrected chi connectivity index (χ4v) is 2.21. The number of benzene rings is 2. The summed E-state index contributed by atoms with van der Waals surface area (Å²) in [5.74, 6) is -1.23. The summed E-state index contributed by atoms with van der Waals surface area (Å²) in [7, 11) is 0. The maximum Gasteiger partial charge on any atom is 0.277 e. The number of hydrogen-bond donors (Lipinski definition) is 1. The number of nitrogens with one attached hydrogen (secondary N) is 1. The Morgan fingerprint density at radius 1 is 1.17 bits per heavy atom. The Labute approximate surface area is 136 Å². The van der Waals surface area contributed by atoms with E-state index in [1.54, 1.807) is 10.7 Å². The van der Waals surface area contributed by atoms with E-state index in [2.05, 4.69) is 15.6 Å². The van der Waals surface area contributed by atoms with Crippen LogP contribution in [-0.4, -0.2) is 20.9 Å². The molecule has 0 aliphatic heterocycles. The summed E-state index contributed by atoms with van der Waals surface area (Å²) in [5.41, 5.74) is 1.13. The van der Waals surface area contributed by atoms with Gasteiger partial charge in [0, 0.05) is 0 Å². The monoisotopic (exact) mass is 330 g/mol. The lowest BCUT2D eigenvalue weighted by molar-refractivity contribution is 0.102. The van der Waals surface area contributed by atoms with Crippen molar-refractivity contribution in [1.82, 2.24) is 15.0 Å². The van der Waals surface area contributed by atoms with Gasteiger partial charge in [-0.1, -0.05) is 53.2 Å². The Morgan fingerprint density at radius 2 is 1.96 bits per heavy atom. The molecule has 1 heterocycles. The standard InChI is InChI=1S/C16H12ClFN4O/c17-12-7-4-8-13(15(12)18)19-16(23)14-10-22(21-20-14)9-11-5-2-1-3-6-11/h1-8,10H,9H2,(H,19,23). The first-order valence-corrected chi connectivity index (χ1v) is 7.21. The number of carbonyl (C=O) groups is 1. The fraction of sp³-hybridized carbons (Fsp3) is 0.0625. The van der Waals surface area contributed by atoms with Crippen LogP contribution in [0.2, 0.25) is 5.02 Å². The third-order valence-electron chi connectivity index (χ3n) is 3.16. The molecule has 0 atom stereocenters. The van der Waals surface area contributed by atoms with Gasteiger partial charge in [0.2, 0.25) is 0 Å². The van der Waals surface area contributed by atoms with Gasteiger partial charge in [-0.3, -0.25) is 4.79 Å². The van der Waals surface area contributed by atoms with E-state index in [1.807, 2.05) is 30.3 Å². The highest BCUT2D eigenvalue weighted by atomic mass is 35.5. The van der Waals surface area contributed by atoms with E-state index < -0.39 is 11.7 Å². The van der Waals surface area contributed by atoms with Crippen LogP contribution < -0.4 is 5.32 Å². The molecule has 0 spiro atoms. The molecule has 2 aromatic carbocycles. The van der Waals surface area contributed by atoms with Crippen LogP contribution in [0.4, 0.5) is 10.1 Å². The van der Waals surface area contributed by atoms with Crippen LogP contribution in [0, 0.1) is 5.82 Å². The average Bonchev–Trinajstić information content (AvgIpc) is 3.01. The summed E-state index contributed by atoms with van der Waals surface area (Å²) in [6.07, 6.45) is 1.50. The summed E-state index contributed by atoms with van der Waals surface area (Å²) in [6.45, 7) is 0.493. The minimum absolute atomic E-state index is 0.000101. The van der Waals surface area contributed by atoms with E-state index in [9.17, 15) is 9.18 Å². The molecule has 1 amide bonds. The molecule has 0 unspecified atom stereocenters. The van der Waals surface area contributed by atoms with Gasteiger partial charge in [-0.05, 0) is 17.7 Å². The number of hydrogen-bond acceptors (Lipinski definition) is 3. The predicted molar refractivity (Wildman–Crippen MR) is 84.9 cm³/mol. The van der Waals surface area contributed by atoms with Gasteiger partial charge in [-0.15, -0.1) is 5.10 Å². The molecule has 5 nitrogen and oxygen atoms in total. The Balaban J connectivity index is 1.72. The lowest BCUT2D eigenvalue weighted by Gasteiger charge is -2.05. The molecule has 0 aliphatic carbocycles. The van der Waals surface area contributed by atoms with Gasteiger partial charge < -0.3 is 5.32 Å². The first-order valence-electron chi connectivity index (χ1n) is 6.83. The van der Waals surface area contributed by atoms with Crippen molar-refractivity contribution in [3.63, 3.8) is 0 Å². The highest BCUT2D eigenvalue weighted by Gasteiger charge is 2.14. The number of nitrogens with zero attached hydrogens (tertiary/aromatic N) is 3. The molecule has 0 bridgehead atoms. The molecule has 1 aromatic heterocycles. The van der Waals surface area contributed by atoms with Crippen LogP contribution in [0.3, 0.4) is 0 Å². The second-order valence-electron chi connectivity index (χ2n) is 4.84. The van der Waals surface area contributed by atoms with Crippen molar-refractivity contribution < 1.29 is 9.18 Å². The smallest absolute Gasteiger partial charge is 0.277 e. The zero-order valence-corrected chi connectivity index (χ0v) is 12.7. The molecule has 23 heavy (non-hydrogen) atoms. The zero-order chi connectivity index (χ0) is 16.2. The number of aromatic nitrogens is 3. The molecule has 1 N–H and O–H groups in total. The average molecular weight is 331 g/mol. The second kappa shape index (κ2) is 6.58. The number of halogens is 2. The molecule has 0 fully saturated rings. The topological polar surface area (TPSA) is 59.8 Å². The number of anilines is 1. The molecular weight excluding hydrogens is 319 g/mol. The first-order chi connectivity index (χ1) is 11.1. The SMILES string of the molecule is O=C(Nc1cccc(Cl)c1F)c1cn(Cc2ccccc2)nn1. The van der Waals surface area contributed by atoms with Gasteiger partial charge in [0.1, 0.15) is 0 Å². The predicted octanol–water partition coefficient (Wildman–Crippen LogP) is 3.37. The van der Waals surface area contributed by atoms with Crippen molar-refractivity contribution in [1.29, 1.82) is 0 Å². The lowest BCUT2D eigenvalue weighted by Crippen LogP contribution is -2.13. The van der Waals surface area contributed by atoms with Crippen LogP contribution >= 0.6 is 11.6 Å². The van der Waals surface area contributed by atoms with Gasteiger partial charge in [0.15, 0.2) is 11.5 Å². The minimum atomic E-state index is -0.681. The second-order valence-corrected chi connectivity index (χ2v) is 5.25. The van der Waals surface area contributed by atoms with Crippen molar-refractivity contribution >= 4 is 23.2 Å². The van der Waals surface area contributed by atoms with Crippen molar-refractivity contribution in [2.45, 2.75) is 6.54 Å². The summed E-state index contributed by atoms with van der Waals surface area (Å²) >= 11 is 5.68. The summed E-state index contributed by atoms with van der Waals surface area (Å²) in [4.78, 5) is 12.1. The van der Waals surface area contributed by atoms with E-state index in [1.165, 1.54) is 18.3 Å². The number of carbonyl (C=O) groups excluding carboxylic acids is 1. The van der Waals surface area contributed by atoms with Crippen LogP contribution in [0.25, 0.3) is 0 Å². The van der Waals surface area contributed by atoms with Crippen molar-refractivity contribution in [3.8, 4) is 0 Å². The molecule has 0 radical (unpaired) electrons. The first kappa shape index (κ1) is 15.2. The van der Waals surface area contributed by atoms with Gasteiger partial charge in [0.05, 0.1) is 23.5 Å². The highest BCUT2D eigenvalue weighted by molar-refractivity contribution is 6.31. The van der Waals surface area contributed by atoms with Gasteiger partial charge >= 0.3 is 0 Å². The van der Waals surface area contributed by atoms with E-state index in [0.29, 0.717) is 6.54 Å². The van der Waals surface area contributed by atoms with Crippen LogP contribution in [-0.2, 0) is 6.54 Å². The molecule has 3 aromatic rings. The summed E-state index contributed by atoms with van der Waals surface area (Å²) < 4.78 is 15.3. The molecule has 7 heteroatoms. The normalized spacial score (nSPS) is 10.5. The van der Waals surface area contributed by atoms with Gasteiger partial charge in [-0.25, -0.2) is 9.07 Å². The summed E-state index contributed by atoms with van der Waals surface area (Å²) in [6, 6.07) is 14.0. The van der Waals surface area contributed by atoms with Crippen LogP contribution in [0.1, 0.15) is 16.1 Å². The third kappa shape index (κ3) is 3.54. The largest absolute Gasteiger partial charge is 0.318 e. The summed E-state index contributed by atoms with van der Waals surface area (Å²) in [5, 5.41) is 10.1. The van der Waals surface area contributed by atoms with Crippen molar-refractivity contribution in [2.24, 2.45) is 0 Å². The minimum Gasteiger partial charge on any atom is -0.318 e.